The summed E-state index contributed by atoms with van der Waals surface area (Å²) in [6.07, 6.45) is 0. The second-order valence-electron chi connectivity index (χ2n) is 2.02. The fourth-order valence-corrected chi connectivity index (χ4v) is 1.10. The molecule has 60 valence electrons. The topological polar surface area (TPSA) is 83.2 Å². The molecule has 0 heterocycles. The number of nitrogens with two attached hydrogens (primary N) is 1. The van der Waals surface area contributed by atoms with Crippen molar-refractivity contribution in [3.8, 4) is 0 Å². The van der Waals surface area contributed by atoms with Gasteiger partial charge in [0, 0.05) is 5.69 Å². The molecule has 0 fully saturated rings. The molecular weight excluding hydrogens is 206 g/mol. The Morgan fingerprint density at radius 1 is 1.17 bits per heavy atom. The van der Waals surface area contributed by atoms with Gasteiger partial charge in [-0.2, -0.15) is 0 Å². The van der Waals surface area contributed by atoms with E-state index in [1.165, 1.54) is 24.3 Å². The van der Waals surface area contributed by atoms with Gasteiger partial charge in [-0.15, -0.1) is 0 Å². The van der Waals surface area contributed by atoms with Crippen molar-refractivity contribution in [2.75, 3.05) is 5.73 Å². The predicted octanol–water partition coefficient (Wildman–Crippen LogP) is -0.208. The minimum atomic E-state index is -4.33. The molecule has 0 aliphatic rings. The van der Waals surface area contributed by atoms with Crippen LogP contribution < -0.4 is 5.73 Å². The van der Waals surface area contributed by atoms with Crippen molar-refractivity contribution < 1.29 is 13.0 Å². The maximum absolute atomic E-state index is 10.3. The van der Waals surface area contributed by atoms with Gasteiger partial charge in [-0.05, 0) is 24.3 Å². The van der Waals surface area contributed by atoms with E-state index in [1.807, 2.05) is 0 Å². The first-order valence-electron chi connectivity index (χ1n) is 2.81. The predicted molar refractivity (Wildman–Crippen MR) is 44.6 cm³/mol. The molecule has 0 amide bonds. The molecule has 6 heteroatoms. The van der Waals surface area contributed by atoms with Crippen LogP contribution in [-0.2, 0) is 10.1 Å². The van der Waals surface area contributed by atoms with E-state index in [2.05, 4.69) is 0 Å². The molecule has 0 saturated heterocycles. The van der Waals surface area contributed by atoms with Crippen LogP contribution in [0.2, 0.25) is 0 Å². The number of hydrogen-bond acceptors (Lipinski definition) is 4. The molecule has 0 bridgehead atoms. The van der Waals surface area contributed by atoms with Crippen LogP contribution in [0.1, 0.15) is 0 Å². The van der Waals surface area contributed by atoms with Crippen molar-refractivity contribution in [3.05, 3.63) is 24.3 Å². The van der Waals surface area contributed by atoms with Crippen molar-refractivity contribution in [2.24, 2.45) is 0 Å². The smallest absolute Gasteiger partial charge is 0.744 e. The SMILES string of the molecule is Nc1ccc(S(=O)(=O)[O-])cc1.[Ca+2]. The Labute approximate surface area is 101 Å². The quantitative estimate of drug-likeness (QED) is 0.396. The third-order valence-corrected chi connectivity index (χ3v) is 2.02. The van der Waals surface area contributed by atoms with Crippen molar-refractivity contribution in [1.82, 2.24) is 0 Å². The van der Waals surface area contributed by atoms with E-state index >= 15 is 0 Å². The minimum Gasteiger partial charge on any atom is -0.744 e. The van der Waals surface area contributed by atoms with Crippen molar-refractivity contribution >= 4 is 53.5 Å². The minimum absolute atomic E-state index is 0. The molecule has 0 aliphatic carbocycles. The molecule has 0 unspecified atom stereocenters. The van der Waals surface area contributed by atoms with Gasteiger partial charge in [0.1, 0.15) is 10.1 Å². The largest absolute Gasteiger partial charge is 2.00 e. The first-order chi connectivity index (χ1) is 5.00. The number of benzene rings is 1. The summed E-state index contributed by atoms with van der Waals surface area (Å²) in [6.45, 7) is 0. The summed E-state index contributed by atoms with van der Waals surface area (Å²) < 4.78 is 31.0. The van der Waals surface area contributed by atoms with E-state index < -0.39 is 10.1 Å². The van der Waals surface area contributed by atoms with Crippen LogP contribution >= 0.6 is 0 Å². The van der Waals surface area contributed by atoms with E-state index in [9.17, 15) is 13.0 Å². The number of anilines is 1. The summed E-state index contributed by atoms with van der Waals surface area (Å²) in [4.78, 5) is -0.258. The van der Waals surface area contributed by atoms with Gasteiger partial charge in [-0.3, -0.25) is 0 Å². The third kappa shape index (κ3) is 3.28. The first-order valence-corrected chi connectivity index (χ1v) is 4.22. The summed E-state index contributed by atoms with van der Waals surface area (Å²) in [6, 6.07) is 5.09. The van der Waals surface area contributed by atoms with E-state index in [1.54, 1.807) is 0 Å². The fraction of sp³-hybridized carbons (Fsp3) is 0. The molecule has 1 aromatic rings. The number of nitrogen functional groups attached to an aromatic ring is 1. The van der Waals surface area contributed by atoms with E-state index in [-0.39, 0.29) is 42.6 Å². The van der Waals surface area contributed by atoms with E-state index in [0.717, 1.165) is 0 Å². The zero-order valence-electron chi connectivity index (χ0n) is 6.23. The molecule has 12 heavy (non-hydrogen) atoms. The zero-order chi connectivity index (χ0) is 8.48. The van der Waals surface area contributed by atoms with Crippen molar-refractivity contribution in [2.45, 2.75) is 4.90 Å². The molecule has 4 nitrogen and oxygen atoms in total. The summed E-state index contributed by atoms with van der Waals surface area (Å²) >= 11 is 0. The van der Waals surface area contributed by atoms with Crippen LogP contribution in [0.25, 0.3) is 0 Å². The maximum atomic E-state index is 10.3. The molecule has 0 saturated carbocycles. The molecule has 0 aromatic heterocycles. The Bertz CT molecular complexity index is 346. The summed E-state index contributed by atoms with van der Waals surface area (Å²) in [5.74, 6) is 0. The van der Waals surface area contributed by atoms with Crippen LogP contribution in [0, 0.1) is 0 Å². The van der Waals surface area contributed by atoms with E-state index in [4.69, 9.17) is 5.73 Å². The molecule has 1 aromatic carbocycles. The monoisotopic (exact) mass is 212 g/mol. The standard InChI is InChI=1S/C6H7NO3S.Ca/c7-5-1-3-6(4-2-5)11(8,9)10;/h1-4H,7H2,(H,8,9,10);/q;+2/p-1. The van der Waals surface area contributed by atoms with Crippen molar-refractivity contribution in [1.29, 1.82) is 0 Å². The van der Waals surface area contributed by atoms with Crippen LogP contribution in [0.15, 0.2) is 29.2 Å². The summed E-state index contributed by atoms with van der Waals surface area (Å²) in [5, 5.41) is 0. The Hall–Kier alpha value is 0.190. The van der Waals surface area contributed by atoms with Crippen LogP contribution in [-0.4, -0.2) is 50.7 Å². The molecule has 2 N–H and O–H groups in total. The van der Waals surface area contributed by atoms with Crippen molar-refractivity contribution in [3.63, 3.8) is 0 Å². The maximum Gasteiger partial charge on any atom is 2.00 e. The van der Waals surface area contributed by atoms with Gasteiger partial charge in [0.2, 0.25) is 0 Å². The average molecular weight is 212 g/mol. The Balaban J connectivity index is 0.00000121. The van der Waals surface area contributed by atoms with E-state index in [0.29, 0.717) is 5.69 Å². The summed E-state index contributed by atoms with van der Waals surface area (Å²) in [5.41, 5.74) is 5.70. The average Bonchev–Trinajstić information content (AvgIpc) is 1.86. The molecule has 0 spiro atoms. The number of hydrogen-bond donors (Lipinski definition) is 1. The van der Waals surface area contributed by atoms with Gasteiger partial charge < -0.3 is 10.3 Å². The number of rotatable bonds is 1. The Kier molecular flexibility index (Phi) is 4.50. The zero-order valence-corrected chi connectivity index (χ0v) is 9.25. The van der Waals surface area contributed by atoms with Gasteiger partial charge >= 0.3 is 37.7 Å². The second-order valence-corrected chi connectivity index (χ2v) is 3.40. The van der Waals surface area contributed by atoms with Crippen LogP contribution in [0.5, 0.6) is 0 Å². The normalized spacial score (nSPS) is 10.4. The molecule has 0 aliphatic heterocycles. The second kappa shape index (κ2) is 4.43. The first kappa shape index (κ1) is 12.2. The fourth-order valence-electron chi connectivity index (χ4n) is 0.634. The van der Waals surface area contributed by atoms with Gasteiger partial charge in [-0.25, -0.2) is 8.42 Å². The Morgan fingerprint density at radius 2 is 1.58 bits per heavy atom. The van der Waals surface area contributed by atoms with Gasteiger partial charge in [0.05, 0.1) is 4.90 Å². The summed E-state index contributed by atoms with van der Waals surface area (Å²) in [7, 11) is -4.33. The Morgan fingerprint density at radius 3 is 1.92 bits per heavy atom. The third-order valence-electron chi connectivity index (χ3n) is 1.17. The molecule has 1 rings (SSSR count). The van der Waals surface area contributed by atoms with Crippen LogP contribution in [0.4, 0.5) is 5.69 Å². The van der Waals surface area contributed by atoms with Gasteiger partial charge in [0.25, 0.3) is 0 Å². The molecular formula is C6H6CaNO3S+. The molecule has 0 radical (unpaired) electrons. The molecule has 0 atom stereocenters. The van der Waals surface area contributed by atoms with Gasteiger partial charge in [-0.1, -0.05) is 0 Å². The van der Waals surface area contributed by atoms with Gasteiger partial charge in [0.15, 0.2) is 0 Å². The van der Waals surface area contributed by atoms with Crippen LogP contribution in [0.3, 0.4) is 0 Å².